The zero-order valence-corrected chi connectivity index (χ0v) is 13.1. The average Bonchev–Trinajstić information content (AvgIpc) is 2.44. The Morgan fingerprint density at radius 2 is 1.90 bits per heavy atom. The molecule has 0 spiro atoms. The van der Waals surface area contributed by atoms with Crippen molar-refractivity contribution < 1.29 is 14.7 Å². The van der Waals surface area contributed by atoms with Crippen LogP contribution in [0.5, 0.6) is 0 Å². The van der Waals surface area contributed by atoms with Gasteiger partial charge < -0.3 is 20.2 Å². The zero-order chi connectivity index (χ0) is 15.5. The Labute approximate surface area is 121 Å². The van der Waals surface area contributed by atoms with E-state index in [-0.39, 0.29) is 12.1 Å². The molecule has 0 bridgehead atoms. The van der Waals surface area contributed by atoms with Gasteiger partial charge in [0.25, 0.3) is 0 Å². The van der Waals surface area contributed by atoms with Crippen molar-refractivity contribution in [3.05, 3.63) is 0 Å². The number of carboxylic acids is 1. The minimum Gasteiger partial charge on any atom is -0.480 e. The molecule has 2 unspecified atom stereocenters. The highest BCUT2D eigenvalue weighted by Crippen LogP contribution is 2.20. The second-order valence-electron chi connectivity index (χ2n) is 6.74. The fourth-order valence-electron chi connectivity index (χ4n) is 2.53. The number of nitrogens with zero attached hydrogens (tertiary/aromatic N) is 2. The molecule has 1 rings (SSSR count). The lowest BCUT2D eigenvalue weighted by Crippen LogP contribution is -2.55. The number of urea groups is 1. The molecule has 1 aliphatic rings. The first kappa shape index (κ1) is 16.8. The van der Waals surface area contributed by atoms with E-state index < -0.39 is 17.4 Å². The Kier molecular flexibility index (Phi) is 5.39. The van der Waals surface area contributed by atoms with Gasteiger partial charge in [-0.05, 0) is 32.4 Å². The number of hydrogen-bond donors (Lipinski definition) is 2. The number of nitrogens with one attached hydrogen (secondary N) is 1. The van der Waals surface area contributed by atoms with Crippen molar-refractivity contribution in [2.24, 2.45) is 5.41 Å². The normalized spacial score (nSPS) is 23.1. The van der Waals surface area contributed by atoms with Crippen molar-refractivity contribution in [3.63, 3.8) is 0 Å². The van der Waals surface area contributed by atoms with Crippen LogP contribution in [-0.4, -0.2) is 65.7 Å². The number of rotatable bonds is 2. The van der Waals surface area contributed by atoms with Crippen molar-refractivity contribution >= 4 is 12.0 Å². The van der Waals surface area contributed by atoms with Crippen LogP contribution < -0.4 is 5.32 Å². The molecule has 1 heterocycles. The second-order valence-corrected chi connectivity index (χ2v) is 6.74. The summed E-state index contributed by atoms with van der Waals surface area (Å²) in [5.74, 6) is -0.995. The van der Waals surface area contributed by atoms with Crippen molar-refractivity contribution in [1.82, 2.24) is 15.1 Å². The molecule has 0 saturated carbocycles. The van der Waals surface area contributed by atoms with E-state index in [0.29, 0.717) is 6.54 Å². The van der Waals surface area contributed by atoms with Crippen LogP contribution >= 0.6 is 0 Å². The third-order valence-corrected chi connectivity index (χ3v) is 3.69. The van der Waals surface area contributed by atoms with Gasteiger partial charge in [0.1, 0.15) is 6.04 Å². The molecule has 0 radical (unpaired) electrons. The summed E-state index contributed by atoms with van der Waals surface area (Å²) in [4.78, 5) is 27.6. The van der Waals surface area contributed by atoms with Crippen LogP contribution in [0.2, 0.25) is 0 Å². The first-order chi connectivity index (χ1) is 9.12. The second kappa shape index (κ2) is 6.43. The summed E-state index contributed by atoms with van der Waals surface area (Å²) in [6, 6.07) is -1.09. The van der Waals surface area contributed by atoms with E-state index in [2.05, 4.69) is 10.2 Å². The molecule has 2 atom stereocenters. The Hall–Kier alpha value is -1.30. The lowest BCUT2D eigenvalue weighted by molar-refractivity contribution is -0.142. The molecule has 116 valence electrons. The highest BCUT2D eigenvalue weighted by Gasteiger charge is 2.35. The van der Waals surface area contributed by atoms with Gasteiger partial charge in [0, 0.05) is 19.1 Å². The molecule has 2 amide bonds. The molecule has 0 aromatic heterocycles. The highest BCUT2D eigenvalue weighted by molar-refractivity contribution is 5.83. The molecule has 0 aromatic carbocycles. The highest BCUT2D eigenvalue weighted by atomic mass is 16.4. The van der Waals surface area contributed by atoms with E-state index in [4.69, 9.17) is 0 Å². The fraction of sp³-hybridized carbons (Fsp3) is 0.857. The number of aliphatic carboxylic acids is 1. The molecule has 20 heavy (non-hydrogen) atoms. The Balaban J connectivity index is 2.75. The number of carboxylic acid groups (broad SMARTS) is 1. The van der Waals surface area contributed by atoms with Crippen LogP contribution in [0.25, 0.3) is 0 Å². The van der Waals surface area contributed by atoms with Crippen LogP contribution in [-0.2, 0) is 4.79 Å². The Morgan fingerprint density at radius 3 is 2.40 bits per heavy atom. The van der Waals surface area contributed by atoms with Crippen molar-refractivity contribution in [2.75, 3.05) is 26.7 Å². The molecule has 6 nitrogen and oxygen atoms in total. The van der Waals surface area contributed by atoms with Gasteiger partial charge in [0.05, 0.1) is 0 Å². The van der Waals surface area contributed by atoms with Crippen LogP contribution in [0.15, 0.2) is 0 Å². The largest absolute Gasteiger partial charge is 0.480 e. The minimum atomic E-state index is -0.995. The first-order valence-electron chi connectivity index (χ1n) is 7.11. The lowest BCUT2D eigenvalue weighted by Gasteiger charge is -2.33. The van der Waals surface area contributed by atoms with E-state index in [1.807, 2.05) is 34.7 Å². The van der Waals surface area contributed by atoms with Gasteiger partial charge in [-0.25, -0.2) is 9.59 Å². The van der Waals surface area contributed by atoms with Crippen LogP contribution in [0.1, 0.15) is 34.1 Å². The van der Waals surface area contributed by atoms with Crippen LogP contribution in [0, 0.1) is 5.41 Å². The summed E-state index contributed by atoms with van der Waals surface area (Å²) in [5.41, 5.74) is -0.520. The summed E-state index contributed by atoms with van der Waals surface area (Å²) < 4.78 is 0. The molecule has 1 saturated heterocycles. The number of amides is 2. The number of likely N-dealkylation sites (N-methyl/N-ethyl adjacent to an activating group) is 1. The predicted molar refractivity (Wildman–Crippen MR) is 77.7 cm³/mol. The molecule has 6 heteroatoms. The van der Waals surface area contributed by atoms with E-state index >= 15 is 0 Å². The van der Waals surface area contributed by atoms with Crippen molar-refractivity contribution in [1.29, 1.82) is 0 Å². The van der Waals surface area contributed by atoms with Gasteiger partial charge in [-0.2, -0.15) is 0 Å². The van der Waals surface area contributed by atoms with Gasteiger partial charge in [0.15, 0.2) is 0 Å². The maximum atomic E-state index is 12.4. The summed E-state index contributed by atoms with van der Waals surface area (Å²) >= 11 is 0. The van der Waals surface area contributed by atoms with Crippen molar-refractivity contribution in [3.8, 4) is 0 Å². The average molecular weight is 285 g/mol. The SMILES string of the molecule is CC1CN(C)CCCN1C(=O)NC(C(=O)O)C(C)(C)C. The van der Waals surface area contributed by atoms with E-state index in [1.165, 1.54) is 0 Å². The quantitative estimate of drug-likeness (QED) is 0.800. The molecule has 1 fully saturated rings. The van der Waals surface area contributed by atoms with Crippen LogP contribution in [0.4, 0.5) is 4.79 Å². The summed E-state index contributed by atoms with van der Waals surface area (Å²) in [6.07, 6.45) is 0.904. The van der Waals surface area contributed by atoms with E-state index in [1.54, 1.807) is 4.90 Å². The van der Waals surface area contributed by atoms with E-state index in [0.717, 1.165) is 19.5 Å². The van der Waals surface area contributed by atoms with Gasteiger partial charge in [0.2, 0.25) is 0 Å². The third-order valence-electron chi connectivity index (χ3n) is 3.69. The monoisotopic (exact) mass is 285 g/mol. The molecular formula is C14H27N3O3. The smallest absolute Gasteiger partial charge is 0.326 e. The Morgan fingerprint density at radius 1 is 1.30 bits per heavy atom. The molecule has 0 aromatic rings. The van der Waals surface area contributed by atoms with Gasteiger partial charge in [-0.15, -0.1) is 0 Å². The van der Waals surface area contributed by atoms with E-state index in [9.17, 15) is 14.7 Å². The van der Waals surface area contributed by atoms with Gasteiger partial charge in [-0.1, -0.05) is 20.8 Å². The summed E-state index contributed by atoms with van der Waals surface area (Å²) in [7, 11) is 2.03. The van der Waals surface area contributed by atoms with Crippen LogP contribution in [0.3, 0.4) is 0 Å². The molecule has 0 aliphatic carbocycles. The summed E-state index contributed by atoms with van der Waals surface area (Å²) in [6.45, 7) is 9.85. The molecule has 2 N–H and O–H groups in total. The molecule has 1 aliphatic heterocycles. The lowest BCUT2D eigenvalue weighted by atomic mass is 9.87. The number of carbonyl (C=O) groups is 2. The standard InChI is InChI=1S/C14H27N3O3/c1-10-9-16(5)7-6-8-17(10)13(20)15-11(12(18)19)14(2,3)4/h10-11H,6-9H2,1-5H3,(H,15,20)(H,18,19). The van der Waals surface area contributed by atoms with Crippen molar-refractivity contribution in [2.45, 2.75) is 46.2 Å². The number of hydrogen-bond acceptors (Lipinski definition) is 3. The summed E-state index contributed by atoms with van der Waals surface area (Å²) in [5, 5.41) is 11.9. The van der Waals surface area contributed by atoms with Gasteiger partial charge >= 0.3 is 12.0 Å². The maximum absolute atomic E-state index is 12.4. The third kappa shape index (κ3) is 4.37. The molecular weight excluding hydrogens is 258 g/mol. The number of carbonyl (C=O) groups excluding carboxylic acids is 1. The topological polar surface area (TPSA) is 72.9 Å². The minimum absolute atomic E-state index is 0.0805. The van der Waals surface area contributed by atoms with Gasteiger partial charge in [-0.3, -0.25) is 0 Å². The fourth-order valence-corrected chi connectivity index (χ4v) is 2.53. The first-order valence-corrected chi connectivity index (χ1v) is 7.11. The Bertz CT molecular complexity index is 365. The predicted octanol–water partition coefficient (Wildman–Crippen LogP) is 1.22. The maximum Gasteiger partial charge on any atom is 0.326 e. The zero-order valence-electron chi connectivity index (χ0n) is 13.1.